The molecule has 0 radical (unpaired) electrons. The van der Waals surface area contributed by atoms with Crippen LogP contribution in [0.25, 0.3) is 0 Å². The molecule has 0 fully saturated rings. The Hall–Kier alpha value is -0.0300. The Morgan fingerprint density at radius 2 is 0.667 bits per heavy atom. The Balaban J connectivity index is 0. The zero-order valence-corrected chi connectivity index (χ0v) is 16.5. The zero-order chi connectivity index (χ0) is 19.4. The molecule has 0 unspecified atom stereocenters. The van der Waals surface area contributed by atoms with Crippen molar-refractivity contribution in [3.8, 4) is 0 Å². The molecule has 0 saturated heterocycles. The van der Waals surface area contributed by atoms with E-state index in [4.69, 9.17) is 0 Å². The molecule has 0 aromatic rings. The van der Waals surface area contributed by atoms with Gasteiger partial charge in [-0.2, -0.15) is 0 Å². The first-order chi connectivity index (χ1) is 10.7. The molecule has 8 heteroatoms. The van der Waals surface area contributed by atoms with Crippen LogP contribution < -0.4 is 0 Å². The Labute approximate surface area is 143 Å². The third-order valence-electron chi connectivity index (χ3n) is 3.94. The van der Waals surface area contributed by atoms with E-state index in [2.05, 4.69) is 27.7 Å². The summed E-state index contributed by atoms with van der Waals surface area (Å²) in [4.78, 5) is 0. The fourth-order valence-corrected chi connectivity index (χ4v) is 2.64. The summed E-state index contributed by atoms with van der Waals surface area (Å²) in [5.41, 5.74) is 0. The van der Waals surface area contributed by atoms with Gasteiger partial charge in [0.15, 0.2) is 0 Å². The summed E-state index contributed by atoms with van der Waals surface area (Å²) >= 11 is 0. The minimum atomic E-state index is -10.7. The van der Waals surface area contributed by atoms with Crippen LogP contribution in [0.1, 0.15) is 79.1 Å². The molecule has 152 valence electrons. The van der Waals surface area contributed by atoms with Crippen LogP contribution in [-0.4, -0.2) is 30.7 Å². The quantitative estimate of drug-likeness (QED) is 0.179. The fraction of sp³-hybridized carbons (Fsp3) is 1.00. The van der Waals surface area contributed by atoms with E-state index < -0.39 is 7.81 Å². The van der Waals surface area contributed by atoms with E-state index in [1.807, 2.05) is 0 Å². The Kier molecular flexibility index (Phi) is 11.1. The van der Waals surface area contributed by atoms with Gasteiger partial charge in [-0.15, -0.1) is 0 Å². The predicted molar refractivity (Wildman–Crippen MR) is 92.9 cm³/mol. The number of nitrogens with zero attached hydrogens (tertiary/aromatic N) is 1. The van der Waals surface area contributed by atoms with Gasteiger partial charge in [0.25, 0.3) is 0 Å². The number of unbranched alkanes of at least 4 members (excludes halogenated alkanes) is 4. The number of quaternary nitrogens is 1. The van der Waals surface area contributed by atoms with Crippen LogP contribution in [0.5, 0.6) is 0 Å². The molecule has 0 bridgehead atoms. The van der Waals surface area contributed by atoms with Gasteiger partial charge in [0.1, 0.15) is 0 Å². The molecule has 0 spiro atoms. The number of halogens is 6. The van der Waals surface area contributed by atoms with Crippen molar-refractivity contribution in [1.29, 1.82) is 0 Å². The van der Waals surface area contributed by atoms with E-state index in [0.717, 1.165) is 0 Å². The zero-order valence-electron chi connectivity index (χ0n) is 15.6. The van der Waals surface area contributed by atoms with E-state index in [1.165, 1.54) is 82.0 Å². The van der Waals surface area contributed by atoms with E-state index in [0.29, 0.717) is 0 Å². The number of hydrogen-bond donors (Lipinski definition) is 0. The van der Waals surface area contributed by atoms with E-state index in [-0.39, 0.29) is 0 Å². The Morgan fingerprint density at radius 1 is 0.500 bits per heavy atom. The fourth-order valence-electron chi connectivity index (χ4n) is 2.64. The molecule has 0 aromatic carbocycles. The average molecular weight is 387 g/mol. The van der Waals surface area contributed by atoms with E-state index >= 15 is 0 Å². The van der Waals surface area contributed by atoms with Crippen LogP contribution in [0.3, 0.4) is 0 Å². The third-order valence-corrected chi connectivity index (χ3v) is 3.94. The van der Waals surface area contributed by atoms with Crippen molar-refractivity contribution in [2.24, 2.45) is 0 Å². The summed E-state index contributed by atoms with van der Waals surface area (Å²) < 4.78 is 60.6. The van der Waals surface area contributed by atoms with Crippen LogP contribution in [-0.2, 0) is 0 Å². The molecule has 0 N–H and O–H groups in total. The molecule has 0 amide bonds. The van der Waals surface area contributed by atoms with Gasteiger partial charge in [-0.1, -0.05) is 53.4 Å². The molecule has 0 aromatic heterocycles. The summed E-state index contributed by atoms with van der Waals surface area (Å²) in [6.45, 7) is 15.0. The number of rotatable bonds is 12. The van der Waals surface area contributed by atoms with Crippen LogP contribution in [0.15, 0.2) is 0 Å². The molecule has 1 nitrogen and oxygen atoms in total. The topological polar surface area (TPSA) is 0 Å². The van der Waals surface area contributed by atoms with Crippen LogP contribution in [0.4, 0.5) is 25.2 Å². The first-order valence-electron chi connectivity index (χ1n) is 9.11. The Bertz CT molecular complexity index is 265. The summed E-state index contributed by atoms with van der Waals surface area (Å²) in [7, 11) is -10.7. The second kappa shape index (κ2) is 10.2. The molecule has 0 aliphatic carbocycles. The van der Waals surface area contributed by atoms with Gasteiger partial charge in [-0.05, 0) is 25.7 Å². The van der Waals surface area contributed by atoms with Crippen molar-refractivity contribution in [3.63, 3.8) is 0 Å². The van der Waals surface area contributed by atoms with Crippen molar-refractivity contribution in [2.45, 2.75) is 79.1 Å². The van der Waals surface area contributed by atoms with Crippen molar-refractivity contribution >= 4 is 7.81 Å². The molecule has 0 heterocycles. The summed E-state index contributed by atoms with van der Waals surface area (Å²) in [6, 6.07) is 0. The van der Waals surface area contributed by atoms with Crippen molar-refractivity contribution < 1.29 is 29.7 Å². The maximum absolute atomic E-state index is 10.7. The van der Waals surface area contributed by atoms with Gasteiger partial charge >= 0.3 is 33.0 Å². The van der Waals surface area contributed by atoms with Crippen molar-refractivity contribution in [3.05, 3.63) is 0 Å². The maximum atomic E-state index is 9.87. The standard InChI is InChI=1S/C16H36N.F6P/c1-5-9-13-17(14-10-6-2,15-11-7-3)16-12-8-4;1-7(2,3,4,5)6/h5-16H2,1-4H3;/q+1;-1. The van der Waals surface area contributed by atoms with Gasteiger partial charge < -0.3 is 4.48 Å². The third kappa shape index (κ3) is 24.2. The second-order valence-corrected chi connectivity index (χ2v) is 8.53. The second-order valence-electron chi connectivity index (χ2n) is 6.61. The first-order valence-corrected chi connectivity index (χ1v) is 11.1. The Morgan fingerprint density at radius 3 is 0.792 bits per heavy atom. The normalized spacial score (nSPS) is 15.2. The monoisotopic (exact) mass is 387 g/mol. The van der Waals surface area contributed by atoms with Gasteiger partial charge in [-0.25, -0.2) is 0 Å². The first kappa shape index (κ1) is 26.2. The van der Waals surface area contributed by atoms with Gasteiger partial charge in [-0.3, -0.25) is 0 Å². The summed E-state index contributed by atoms with van der Waals surface area (Å²) in [6.07, 6.45) is 11.1. The molecule has 0 aliphatic heterocycles. The SMILES string of the molecule is CCCC[N+](CCCC)(CCCC)CCCC.F[P-](F)(F)(F)(F)F. The van der Waals surface area contributed by atoms with Gasteiger partial charge in [0.2, 0.25) is 0 Å². The summed E-state index contributed by atoms with van der Waals surface area (Å²) in [5.74, 6) is 0. The molecule has 0 rings (SSSR count). The van der Waals surface area contributed by atoms with Crippen LogP contribution in [0.2, 0.25) is 0 Å². The summed E-state index contributed by atoms with van der Waals surface area (Å²) in [5, 5.41) is 0. The van der Waals surface area contributed by atoms with Crippen LogP contribution in [0, 0.1) is 0 Å². The van der Waals surface area contributed by atoms with Crippen LogP contribution >= 0.6 is 7.81 Å². The predicted octanol–water partition coefficient (Wildman–Crippen LogP) is 8.39. The molecule has 0 atom stereocenters. The van der Waals surface area contributed by atoms with Gasteiger partial charge in [0.05, 0.1) is 26.2 Å². The molecule has 24 heavy (non-hydrogen) atoms. The van der Waals surface area contributed by atoms with Crippen molar-refractivity contribution in [2.75, 3.05) is 26.2 Å². The number of hydrogen-bond acceptors (Lipinski definition) is 0. The molecule has 0 saturated carbocycles. The average Bonchev–Trinajstić information content (AvgIpc) is 2.42. The van der Waals surface area contributed by atoms with E-state index in [9.17, 15) is 25.2 Å². The molecular weight excluding hydrogens is 351 g/mol. The molecular formula is C16H36F6NP. The minimum absolute atomic E-state index is 1.35. The van der Waals surface area contributed by atoms with E-state index in [1.54, 1.807) is 0 Å². The van der Waals surface area contributed by atoms with Gasteiger partial charge in [0, 0.05) is 0 Å². The molecule has 0 aliphatic rings. The van der Waals surface area contributed by atoms with Crippen molar-refractivity contribution in [1.82, 2.24) is 0 Å².